The SMILES string of the molecule is CC(=O)N1C2CCC(C3CCC(S(C)(=O)=O)CC3)CC2N(C(=O)Oc2ccc(F)cc2F)C[C@@H]1C. The fourth-order valence-corrected chi connectivity index (χ4v) is 7.67. The molecule has 4 rings (SSSR count). The highest BCUT2D eigenvalue weighted by atomic mass is 32.2. The minimum atomic E-state index is -3.05. The Morgan fingerprint density at radius 2 is 1.66 bits per heavy atom. The number of benzene rings is 1. The molecule has 0 radical (unpaired) electrons. The molecule has 194 valence electrons. The number of piperazine rings is 1. The Bertz CT molecular complexity index is 1070. The van der Waals surface area contributed by atoms with Gasteiger partial charge >= 0.3 is 6.09 Å². The van der Waals surface area contributed by atoms with Crippen LogP contribution in [0, 0.1) is 23.5 Å². The fraction of sp³-hybridized carbons (Fsp3) is 0.680. The van der Waals surface area contributed by atoms with Crippen molar-refractivity contribution in [1.82, 2.24) is 9.80 Å². The topological polar surface area (TPSA) is 84.0 Å². The molecule has 0 N–H and O–H groups in total. The molecule has 4 atom stereocenters. The Labute approximate surface area is 205 Å². The molecule has 0 spiro atoms. The van der Waals surface area contributed by atoms with Crippen LogP contribution in [0.25, 0.3) is 0 Å². The number of hydrogen-bond acceptors (Lipinski definition) is 5. The lowest BCUT2D eigenvalue weighted by molar-refractivity contribution is -0.142. The van der Waals surface area contributed by atoms with Gasteiger partial charge < -0.3 is 14.5 Å². The Morgan fingerprint density at radius 1 is 1.00 bits per heavy atom. The standard InChI is InChI=1S/C25H34F2N2O5S/c1-15-14-28(25(31)34-24-11-7-19(26)13-21(24)27)23-12-18(6-10-22(23)29(15)16(2)30)17-4-8-20(9-5-17)35(3,32)33/h7,11,13,15,17-18,20,22-23H,4-6,8-10,12,14H2,1-3H3/t15-,17?,18?,20?,22?,23?/m0/s1. The molecule has 1 aromatic rings. The molecule has 0 bridgehead atoms. The smallest absolute Gasteiger partial charge is 0.407 e. The van der Waals surface area contributed by atoms with E-state index in [1.807, 2.05) is 11.8 Å². The third kappa shape index (κ3) is 5.47. The van der Waals surface area contributed by atoms with Crippen molar-refractivity contribution in [3.05, 3.63) is 29.8 Å². The molecule has 2 amide bonds. The lowest BCUT2D eigenvalue weighted by Crippen LogP contribution is -2.67. The first-order chi connectivity index (χ1) is 16.5. The van der Waals surface area contributed by atoms with Crippen LogP contribution >= 0.6 is 0 Å². The van der Waals surface area contributed by atoms with Gasteiger partial charge in [0.05, 0.1) is 17.3 Å². The van der Waals surface area contributed by atoms with E-state index < -0.39 is 27.6 Å². The van der Waals surface area contributed by atoms with Crippen LogP contribution in [0.1, 0.15) is 58.8 Å². The first-order valence-corrected chi connectivity index (χ1v) is 14.3. The zero-order valence-electron chi connectivity index (χ0n) is 20.5. The Morgan fingerprint density at radius 3 is 2.26 bits per heavy atom. The van der Waals surface area contributed by atoms with E-state index in [0.717, 1.165) is 37.8 Å². The van der Waals surface area contributed by atoms with Crippen molar-refractivity contribution in [3.8, 4) is 5.75 Å². The molecule has 1 heterocycles. The quantitative estimate of drug-likeness (QED) is 0.607. The minimum absolute atomic E-state index is 0.0443. The lowest BCUT2D eigenvalue weighted by atomic mass is 9.69. The first-order valence-electron chi connectivity index (χ1n) is 12.4. The predicted octanol–water partition coefficient (Wildman–Crippen LogP) is 4.16. The molecule has 3 unspecified atom stereocenters. The van der Waals surface area contributed by atoms with Crippen molar-refractivity contribution < 1.29 is 31.5 Å². The van der Waals surface area contributed by atoms with E-state index in [2.05, 4.69) is 0 Å². The molecule has 7 nitrogen and oxygen atoms in total. The average Bonchev–Trinajstić information content (AvgIpc) is 2.79. The molecule has 2 saturated carbocycles. The highest BCUT2D eigenvalue weighted by Crippen LogP contribution is 2.43. The second-order valence-electron chi connectivity index (χ2n) is 10.4. The van der Waals surface area contributed by atoms with Gasteiger partial charge in [-0.1, -0.05) is 0 Å². The van der Waals surface area contributed by atoms with Crippen molar-refractivity contribution >= 4 is 21.8 Å². The molecular weight excluding hydrogens is 478 g/mol. The number of halogens is 2. The number of rotatable bonds is 3. The van der Waals surface area contributed by atoms with Gasteiger partial charge in [0, 0.05) is 31.8 Å². The van der Waals surface area contributed by atoms with E-state index in [9.17, 15) is 26.8 Å². The van der Waals surface area contributed by atoms with Crippen LogP contribution in [-0.4, -0.2) is 66.4 Å². The van der Waals surface area contributed by atoms with Crippen LogP contribution in [0.5, 0.6) is 5.75 Å². The van der Waals surface area contributed by atoms with Crippen molar-refractivity contribution in [3.63, 3.8) is 0 Å². The highest BCUT2D eigenvalue weighted by Gasteiger charge is 2.48. The Kier molecular flexibility index (Phi) is 7.41. The van der Waals surface area contributed by atoms with E-state index in [0.29, 0.717) is 37.2 Å². The minimum Gasteiger partial charge on any atom is -0.407 e. The zero-order chi connectivity index (χ0) is 25.5. The summed E-state index contributed by atoms with van der Waals surface area (Å²) in [6.07, 6.45) is 5.88. The first kappa shape index (κ1) is 25.9. The fourth-order valence-electron chi connectivity index (χ4n) is 6.54. The Hall–Kier alpha value is -2.23. The lowest BCUT2D eigenvalue weighted by Gasteiger charge is -2.54. The summed E-state index contributed by atoms with van der Waals surface area (Å²) < 4.78 is 56.7. The molecule has 0 aromatic heterocycles. The van der Waals surface area contributed by atoms with E-state index >= 15 is 0 Å². The van der Waals surface area contributed by atoms with Crippen molar-refractivity contribution in [1.29, 1.82) is 0 Å². The summed E-state index contributed by atoms with van der Waals surface area (Å²) in [5.41, 5.74) is 0. The summed E-state index contributed by atoms with van der Waals surface area (Å²) in [6.45, 7) is 3.68. The van der Waals surface area contributed by atoms with Gasteiger partial charge in [-0.2, -0.15) is 0 Å². The second-order valence-corrected chi connectivity index (χ2v) is 12.8. The normalized spacial score (nSPS) is 31.6. The van der Waals surface area contributed by atoms with E-state index in [4.69, 9.17) is 4.74 Å². The zero-order valence-corrected chi connectivity index (χ0v) is 21.3. The monoisotopic (exact) mass is 512 g/mol. The number of amides is 2. The van der Waals surface area contributed by atoms with Crippen molar-refractivity contribution in [2.24, 2.45) is 11.8 Å². The molecule has 10 heteroatoms. The molecule has 1 saturated heterocycles. The number of carbonyl (C=O) groups excluding carboxylic acids is 2. The van der Waals surface area contributed by atoms with Gasteiger partial charge in [-0.25, -0.2) is 22.0 Å². The van der Waals surface area contributed by atoms with E-state index in [-0.39, 0.29) is 41.6 Å². The van der Waals surface area contributed by atoms with Crippen LogP contribution in [0.2, 0.25) is 0 Å². The van der Waals surface area contributed by atoms with Gasteiger partial charge in [0.1, 0.15) is 15.7 Å². The van der Waals surface area contributed by atoms with Crippen LogP contribution in [0.15, 0.2) is 18.2 Å². The highest BCUT2D eigenvalue weighted by molar-refractivity contribution is 7.91. The molecule has 35 heavy (non-hydrogen) atoms. The van der Waals surface area contributed by atoms with E-state index in [1.54, 1.807) is 4.90 Å². The largest absolute Gasteiger partial charge is 0.415 e. The molecule has 1 aromatic carbocycles. The summed E-state index contributed by atoms with van der Waals surface area (Å²) in [5.74, 6) is -1.41. The molecule has 3 aliphatic rings. The van der Waals surface area contributed by atoms with Crippen LogP contribution in [0.3, 0.4) is 0 Å². The summed E-state index contributed by atoms with van der Waals surface area (Å²) >= 11 is 0. The van der Waals surface area contributed by atoms with Gasteiger partial charge in [0.2, 0.25) is 5.91 Å². The number of ether oxygens (including phenoxy) is 1. The maximum absolute atomic E-state index is 14.1. The van der Waals surface area contributed by atoms with Crippen molar-refractivity contribution in [2.75, 3.05) is 12.8 Å². The van der Waals surface area contributed by atoms with E-state index in [1.165, 1.54) is 13.2 Å². The van der Waals surface area contributed by atoms with Crippen LogP contribution in [-0.2, 0) is 14.6 Å². The number of fused-ring (bicyclic) bond motifs is 1. The summed E-state index contributed by atoms with van der Waals surface area (Å²) in [6, 6.07) is 2.14. The number of hydrogen-bond donors (Lipinski definition) is 0. The maximum atomic E-state index is 14.1. The van der Waals surface area contributed by atoms with Gasteiger partial charge in [0.15, 0.2) is 11.6 Å². The van der Waals surface area contributed by atoms with Crippen LogP contribution < -0.4 is 4.74 Å². The van der Waals surface area contributed by atoms with Gasteiger partial charge in [0.25, 0.3) is 0 Å². The second kappa shape index (κ2) is 10.0. The van der Waals surface area contributed by atoms with Gasteiger partial charge in [-0.15, -0.1) is 0 Å². The number of sulfone groups is 1. The average molecular weight is 513 g/mol. The summed E-state index contributed by atoms with van der Waals surface area (Å²) in [4.78, 5) is 29.1. The third-order valence-electron chi connectivity index (χ3n) is 8.20. The molecule has 1 aliphatic heterocycles. The van der Waals surface area contributed by atoms with Gasteiger partial charge in [-0.3, -0.25) is 4.79 Å². The third-order valence-corrected chi connectivity index (χ3v) is 9.88. The predicted molar refractivity (Wildman–Crippen MR) is 127 cm³/mol. The molecule has 3 fully saturated rings. The summed E-state index contributed by atoms with van der Waals surface area (Å²) in [5, 5.41) is -0.282. The van der Waals surface area contributed by atoms with Gasteiger partial charge in [-0.05, 0) is 75.8 Å². The number of nitrogens with zero attached hydrogens (tertiary/aromatic N) is 2. The molecular formula is C25H34F2N2O5S. The summed E-state index contributed by atoms with van der Waals surface area (Å²) in [7, 11) is -3.05. The van der Waals surface area contributed by atoms with Crippen molar-refractivity contribution in [2.45, 2.75) is 82.2 Å². The Balaban J connectivity index is 1.52. The van der Waals surface area contributed by atoms with Crippen LogP contribution in [0.4, 0.5) is 13.6 Å². The maximum Gasteiger partial charge on any atom is 0.415 e. The number of carbonyl (C=O) groups is 2. The molecule has 2 aliphatic carbocycles.